The van der Waals surface area contributed by atoms with Gasteiger partial charge in [0.2, 0.25) is 5.91 Å². The third kappa shape index (κ3) is 6.54. The normalized spacial score (nSPS) is 13.6. The molecule has 2 N–H and O–H groups in total. The van der Waals surface area contributed by atoms with Gasteiger partial charge in [0, 0.05) is 35.7 Å². The fourth-order valence-corrected chi connectivity index (χ4v) is 4.66. The number of nitrogens with one attached hydrogen (secondary N) is 2. The van der Waals surface area contributed by atoms with Crippen LogP contribution in [0.15, 0.2) is 84.0 Å². The van der Waals surface area contributed by atoms with E-state index in [-0.39, 0.29) is 17.4 Å². The van der Waals surface area contributed by atoms with E-state index in [1.807, 2.05) is 92.7 Å². The highest BCUT2D eigenvalue weighted by Crippen LogP contribution is 2.27. The van der Waals surface area contributed by atoms with Gasteiger partial charge in [0.15, 0.2) is 0 Å². The molecule has 0 radical (unpaired) electrons. The molecule has 0 atom stereocenters. The van der Waals surface area contributed by atoms with E-state index in [1.165, 1.54) is 5.01 Å². The van der Waals surface area contributed by atoms with Crippen molar-refractivity contribution in [3.63, 3.8) is 0 Å². The first-order valence-corrected chi connectivity index (χ1v) is 13.9. The second kappa shape index (κ2) is 11.4. The molecule has 3 amide bonds. The SMILES string of the molecule is Cc1ccc(-n2nc(C(C)(C)C)cc2NC(=O)Nc2ccc(CC3=NN(c4ccccc4C)C(=O)CC3)cc2)cc1. The van der Waals surface area contributed by atoms with Crippen molar-refractivity contribution < 1.29 is 9.59 Å². The highest BCUT2D eigenvalue weighted by molar-refractivity contribution is 6.03. The summed E-state index contributed by atoms with van der Waals surface area (Å²) in [5.74, 6) is 0.600. The number of aromatic nitrogens is 2. The van der Waals surface area contributed by atoms with Gasteiger partial charge in [-0.2, -0.15) is 10.2 Å². The Hall–Kier alpha value is -4.72. The fourth-order valence-electron chi connectivity index (χ4n) is 4.66. The molecule has 41 heavy (non-hydrogen) atoms. The van der Waals surface area contributed by atoms with E-state index in [4.69, 9.17) is 5.10 Å². The number of para-hydroxylation sites is 1. The molecule has 210 valence electrons. The summed E-state index contributed by atoms with van der Waals surface area (Å²) in [6, 6.07) is 25.1. The molecule has 0 saturated heterocycles. The number of carbonyl (C=O) groups excluding carboxylic acids is 2. The van der Waals surface area contributed by atoms with Crippen molar-refractivity contribution >= 4 is 34.8 Å². The number of hydrazone groups is 1. The van der Waals surface area contributed by atoms with Gasteiger partial charge >= 0.3 is 6.03 Å². The van der Waals surface area contributed by atoms with E-state index in [2.05, 4.69) is 36.5 Å². The number of hydrogen-bond donors (Lipinski definition) is 2. The van der Waals surface area contributed by atoms with Gasteiger partial charge in [-0.1, -0.05) is 68.8 Å². The van der Waals surface area contributed by atoms with E-state index in [0.717, 1.165) is 39.5 Å². The second-order valence-corrected chi connectivity index (χ2v) is 11.5. The minimum Gasteiger partial charge on any atom is -0.308 e. The van der Waals surface area contributed by atoms with Crippen LogP contribution in [0, 0.1) is 13.8 Å². The summed E-state index contributed by atoms with van der Waals surface area (Å²) in [7, 11) is 0. The lowest BCUT2D eigenvalue weighted by Gasteiger charge is -2.25. The standard InChI is InChI=1S/C33H36N6O2/c1-22-10-17-27(18-11-22)38-30(21-29(37-38)33(3,4)5)35-32(41)34-25-14-12-24(13-15-25)20-26-16-19-31(40)39(36-26)28-9-7-6-8-23(28)2/h6-15,17-18,21H,16,19-20H2,1-5H3,(H2,34,35,41). The number of nitrogens with zero attached hydrogens (tertiary/aromatic N) is 4. The van der Waals surface area contributed by atoms with Crippen LogP contribution in [-0.2, 0) is 16.6 Å². The zero-order valence-corrected chi connectivity index (χ0v) is 24.2. The largest absolute Gasteiger partial charge is 0.324 e. The maximum atomic E-state index is 13.0. The van der Waals surface area contributed by atoms with Crippen molar-refractivity contribution in [2.45, 2.75) is 59.3 Å². The summed E-state index contributed by atoms with van der Waals surface area (Å²) >= 11 is 0. The number of amides is 3. The molecular formula is C33H36N6O2. The number of benzene rings is 3. The van der Waals surface area contributed by atoms with Crippen molar-refractivity contribution in [1.29, 1.82) is 0 Å². The first kappa shape index (κ1) is 27.8. The monoisotopic (exact) mass is 548 g/mol. The van der Waals surface area contributed by atoms with Crippen LogP contribution in [0.5, 0.6) is 0 Å². The summed E-state index contributed by atoms with van der Waals surface area (Å²) in [5.41, 5.74) is 7.24. The summed E-state index contributed by atoms with van der Waals surface area (Å²) in [4.78, 5) is 25.5. The Balaban J connectivity index is 1.27. The van der Waals surface area contributed by atoms with E-state index in [9.17, 15) is 9.59 Å². The molecule has 4 aromatic rings. The lowest BCUT2D eigenvalue weighted by atomic mass is 9.92. The number of hydrogen-bond acceptors (Lipinski definition) is 4. The Kier molecular flexibility index (Phi) is 7.75. The van der Waals surface area contributed by atoms with Gasteiger partial charge in [0.25, 0.3) is 0 Å². The van der Waals surface area contributed by atoms with E-state index in [1.54, 1.807) is 4.68 Å². The molecule has 0 spiro atoms. The summed E-state index contributed by atoms with van der Waals surface area (Å²) in [6.45, 7) is 10.3. The molecule has 0 fully saturated rings. The van der Waals surface area contributed by atoms with Gasteiger partial charge in [0.05, 0.1) is 17.1 Å². The molecule has 1 aromatic heterocycles. The van der Waals surface area contributed by atoms with Crippen LogP contribution in [-0.4, -0.2) is 27.4 Å². The van der Waals surface area contributed by atoms with E-state index < -0.39 is 0 Å². The van der Waals surface area contributed by atoms with Crippen LogP contribution in [0.2, 0.25) is 0 Å². The van der Waals surface area contributed by atoms with Gasteiger partial charge in [-0.05, 0) is 61.7 Å². The number of carbonyl (C=O) groups is 2. The van der Waals surface area contributed by atoms with Crippen molar-refractivity contribution in [2.75, 3.05) is 15.6 Å². The van der Waals surface area contributed by atoms with Crippen molar-refractivity contribution in [3.8, 4) is 5.69 Å². The molecule has 1 aliphatic heterocycles. The van der Waals surface area contributed by atoms with Gasteiger partial charge in [-0.15, -0.1) is 0 Å². The Labute approximate surface area is 241 Å². The Bertz CT molecular complexity index is 1590. The number of urea groups is 1. The molecule has 8 heteroatoms. The summed E-state index contributed by atoms with van der Waals surface area (Å²) in [6.07, 6.45) is 1.70. The minimum absolute atomic E-state index is 0.00644. The third-order valence-corrected chi connectivity index (χ3v) is 7.07. The van der Waals surface area contributed by atoms with Gasteiger partial charge < -0.3 is 5.32 Å². The zero-order chi connectivity index (χ0) is 29.1. The highest BCUT2D eigenvalue weighted by Gasteiger charge is 2.24. The first-order chi connectivity index (χ1) is 19.6. The lowest BCUT2D eigenvalue weighted by molar-refractivity contribution is -0.118. The van der Waals surface area contributed by atoms with Crippen molar-refractivity contribution in [1.82, 2.24) is 9.78 Å². The van der Waals surface area contributed by atoms with Gasteiger partial charge in [0.1, 0.15) is 5.82 Å². The van der Waals surface area contributed by atoms with Crippen LogP contribution >= 0.6 is 0 Å². The molecule has 1 aliphatic rings. The molecule has 8 nitrogen and oxygen atoms in total. The summed E-state index contributed by atoms with van der Waals surface area (Å²) in [5, 5.41) is 16.9. The quantitative estimate of drug-likeness (QED) is 0.268. The first-order valence-electron chi connectivity index (χ1n) is 13.9. The molecule has 3 aromatic carbocycles. The Morgan fingerprint density at radius 1 is 0.902 bits per heavy atom. The molecular weight excluding hydrogens is 512 g/mol. The van der Waals surface area contributed by atoms with Crippen LogP contribution in [0.1, 0.15) is 56.0 Å². The van der Waals surface area contributed by atoms with E-state index in [0.29, 0.717) is 30.8 Å². The number of rotatable bonds is 6. The van der Waals surface area contributed by atoms with Crippen molar-refractivity contribution in [3.05, 3.63) is 101 Å². The average Bonchev–Trinajstić information content (AvgIpc) is 3.36. The highest BCUT2D eigenvalue weighted by atomic mass is 16.2. The van der Waals surface area contributed by atoms with Crippen LogP contribution in [0.4, 0.5) is 22.0 Å². The minimum atomic E-state index is -0.351. The molecule has 0 bridgehead atoms. The smallest absolute Gasteiger partial charge is 0.308 e. The molecule has 5 rings (SSSR count). The second-order valence-electron chi connectivity index (χ2n) is 11.5. The van der Waals surface area contributed by atoms with Crippen LogP contribution < -0.4 is 15.6 Å². The third-order valence-electron chi connectivity index (χ3n) is 7.07. The molecule has 0 unspecified atom stereocenters. The molecule has 2 heterocycles. The summed E-state index contributed by atoms with van der Waals surface area (Å²) < 4.78 is 1.76. The number of anilines is 3. The molecule has 0 aliphatic carbocycles. The van der Waals surface area contributed by atoms with Crippen LogP contribution in [0.25, 0.3) is 5.69 Å². The topological polar surface area (TPSA) is 91.6 Å². The van der Waals surface area contributed by atoms with Gasteiger partial charge in [-0.3, -0.25) is 10.1 Å². The van der Waals surface area contributed by atoms with Gasteiger partial charge in [-0.25, -0.2) is 14.5 Å². The molecule has 0 saturated carbocycles. The Morgan fingerprint density at radius 3 is 2.29 bits per heavy atom. The lowest BCUT2D eigenvalue weighted by Crippen LogP contribution is -2.32. The number of aryl methyl sites for hydroxylation is 2. The maximum Gasteiger partial charge on any atom is 0.324 e. The maximum absolute atomic E-state index is 13.0. The predicted molar refractivity (Wildman–Crippen MR) is 165 cm³/mol. The van der Waals surface area contributed by atoms with Crippen molar-refractivity contribution in [2.24, 2.45) is 5.10 Å². The fraction of sp³-hybridized carbons (Fsp3) is 0.273. The van der Waals surface area contributed by atoms with E-state index >= 15 is 0 Å². The zero-order valence-electron chi connectivity index (χ0n) is 24.2. The Morgan fingerprint density at radius 2 is 1.61 bits per heavy atom. The van der Waals surface area contributed by atoms with Crippen LogP contribution in [0.3, 0.4) is 0 Å². The average molecular weight is 549 g/mol. The predicted octanol–water partition coefficient (Wildman–Crippen LogP) is 7.16.